The van der Waals surface area contributed by atoms with Gasteiger partial charge in [-0.25, -0.2) is 0 Å². The van der Waals surface area contributed by atoms with Gasteiger partial charge in [-0.1, -0.05) is 79.4 Å². The van der Waals surface area contributed by atoms with Crippen molar-refractivity contribution < 1.29 is 9.59 Å². The topological polar surface area (TPSA) is 43.9 Å². The summed E-state index contributed by atoms with van der Waals surface area (Å²) >= 11 is 0. The van der Waals surface area contributed by atoms with E-state index >= 15 is 0 Å². The van der Waals surface area contributed by atoms with Crippen molar-refractivity contribution >= 4 is 17.4 Å². The second-order valence-corrected chi connectivity index (χ2v) is 9.61. The molecule has 2 amide bonds. The number of carbonyl (C=O) groups excluding carboxylic acids is 2. The van der Waals surface area contributed by atoms with E-state index in [9.17, 15) is 9.59 Å². The molecule has 1 aliphatic carbocycles. The molecule has 0 N–H and O–H groups in total. The highest BCUT2D eigenvalue weighted by Crippen LogP contribution is 2.36. The lowest BCUT2D eigenvalue weighted by molar-refractivity contribution is -0.141. The predicted molar refractivity (Wildman–Crippen MR) is 130 cm³/mol. The second-order valence-electron chi connectivity index (χ2n) is 9.61. The summed E-state index contributed by atoms with van der Waals surface area (Å²) in [6, 6.07) is 18.6. The quantitative estimate of drug-likeness (QED) is 0.649. The van der Waals surface area contributed by atoms with Gasteiger partial charge in [0.15, 0.2) is 0 Å². The first kappa shape index (κ1) is 21.9. The van der Waals surface area contributed by atoms with Crippen LogP contribution in [0.1, 0.15) is 48.8 Å². The number of piperazine rings is 1. The van der Waals surface area contributed by atoms with Gasteiger partial charge in [-0.15, -0.1) is 0 Å². The summed E-state index contributed by atoms with van der Waals surface area (Å²) in [5.41, 5.74) is 4.53. The van der Waals surface area contributed by atoms with Gasteiger partial charge in [0.05, 0.1) is 5.57 Å². The number of imide groups is 1. The van der Waals surface area contributed by atoms with Crippen LogP contribution in [0.4, 0.5) is 0 Å². The Bertz CT molecular complexity index is 1030. The number of nitrogens with zero attached hydrogens (tertiary/aromatic N) is 3. The summed E-state index contributed by atoms with van der Waals surface area (Å²) < 4.78 is 0. The van der Waals surface area contributed by atoms with E-state index in [1.807, 2.05) is 37.3 Å². The van der Waals surface area contributed by atoms with Crippen LogP contribution in [-0.4, -0.2) is 58.7 Å². The minimum absolute atomic E-state index is 0.0380. The molecule has 2 aliphatic heterocycles. The van der Waals surface area contributed by atoms with E-state index in [4.69, 9.17) is 0 Å². The van der Waals surface area contributed by atoms with E-state index < -0.39 is 0 Å². The van der Waals surface area contributed by atoms with Gasteiger partial charge in [0.25, 0.3) is 11.8 Å². The molecule has 0 spiro atoms. The first-order valence-electron chi connectivity index (χ1n) is 12.3. The zero-order valence-corrected chi connectivity index (χ0v) is 19.5. The highest BCUT2D eigenvalue weighted by molar-refractivity contribution is 6.35. The third-order valence-electron chi connectivity index (χ3n) is 7.31. The molecule has 2 fully saturated rings. The zero-order valence-electron chi connectivity index (χ0n) is 19.5. The normalized spacial score (nSPS) is 20.8. The zero-order chi connectivity index (χ0) is 22.8. The summed E-state index contributed by atoms with van der Waals surface area (Å²) in [7, 11) is 0. The van der Waals surface area contributed by atoms with Crippen molar-refractivity contribution in [3.8, 4) is 0 Å². The maximum Gasteiger partial charge on any atom is 0.278 e. The van der Waals surface area contributed by atoms with Crippen molar-refractivity contribution in [2.45, 2.75) is 51.6 Å². The maximum atomic E-state index is 13.7. The van der Waals surface area contributed by atoms with Gasteiger partial charge in [0.2, 0.25) is 0 Å². The summed E-state index contributed by atoms with van der Waals surface area (Å²) in [5, 5.41) is 0. The molecule has 3 aliphatic rings. The molecular formula is C28H33N3O2. The van der Waals surface area contributed by atoms with E-state index in [1.165, 1.54) is 12.0 Å². The number of hydrogen-bond acceptors (Lipinski definition) is 4. The van der Waals surface area contributed by atoms with Crippen molar-refractivity contribution in [2.75, 3.05) is 26.2 Å². The van der Waals surface area contributed by atoms with E-state index in [-0.39, 0.29) is 17.9 Å². The van der Waals surface area contributed by atoms with E-state index in [1.54, 1.807) is 4.90 Å². The molecule has 5 heteroatoms. The standard InChI is InChI=1S/C28H33N3O2/c1-21-12-14-23(15-13-21)25-26(28(33)31(27(25)32)24-10-6-3-7-11-24)30-18-16-29(17-19-30)20-22-8-4-2-5-9-22/h2,4-5,8-9,12-15,24H,3,6-7,10-11,16-20H2,1H3. The van der Waals surface area contributed by atoms with E-state index in [2.05, 4.69) is 34.1 Å². The Morgan fingerprint density at radius 3 is 2.12 bits per heavy atom. The van der Waals surface area contributed by atoms with Crippen LogP contribution >= 0.6 is 0 Å². The minimum atomic E-state index is -0.0996. The molecule has 0 unspecified atom stereocenters. The van der Waals surface area contributed by atoms with Crippen LogP contribution in [0.2, 0.25) is 0 Å². The summed E-state index contributed by atoms with van der Waals surface area (Å²) in [6.45, 7) is 6.24. The Hall–Kier alpha value is -2.92. The van der Waals surface area contributed by atoms with Gasteiger partial charge in [0, 0.05) is 38.8 Å². The second kappa shape index (κ2) is 9.52. The largest absolute Gasteiger partial charge is 0.364 e. The van der Waals surface area contributed by atoms with Crippen LogP contribution in [-0.2, 0) is 16.1 Å². The lowest BCUT2D eigenvalue weighted by Crippen LogP contribution is -2.48. The van der Waals surface area contributed by atoms with Gasteiger partial charge in [-0.3, -0.25) is 19.4 Å². The SMILES string of the molecule is Cc1ccc(C2=C(N3CCN(Cc4ccccc4)CC3)C(=O)N(C3CCCCC3)C2=O)cc1. The number of amides is 2. The third-order valence-corrected chi connectivity index (χ3v) is 7.31. The summed E-state index contributed by atoms with van der Waals surface area (Å²) in [5.74, 6) is -0.184. The van der Waals surface area contributed by atoms with Crippen molar-refractivity contribution in [3.05, 3.63) is 77.0 Å². The fourth-order valence-electron chi connectivity index (χ4n) is 5.45. The van der Waals surface area contributed by atoms with E-state index in [0.717, 1.165) is 69.5 Å². The van der Waals surface area contributed by atoms with Crippen molar-refractivity contribution in [1.29, 1.82) is 0 Å². The molecule has 0 aromatic heterocycles. The number of benzene rings is 2. The van der Waals surface area contributed by atoms with Crippen LogP contribution in [0, 0.1) is 6.92 Å². The molecule has 1 saturated heterocycles. The molecule has 5 rings (SSSR count). The summed E-state index contributed by atoms with van der Waals surface area (Å²) in [4.78, 5) is 33.6. The molecule has 0 radical (unpaired) electrons. The van der Waals surface area contributed by atoms with Crippen molar-refractivity contribution in [2.24, 2.45) is 0 Å². The Balaban J connectivity index is 1.40. The van der Waals surface area contributed by atoms with E-state index in [0.29, 0.717) is 11.3 Å². The molecule has 1 saturated carbocycles. The predicted octanol–water partition coefficient (Wildman–Crippen LogP) is 4.23. The smallest absolute Gasteiger partial charge is 0.278 e. The van der Waals surface area contributed by atoms with Crippen LogP contribution in [0.3, 0.4) is 0 Å². The third kappa shape index (κ3) is 4.47. The van der Waals surface area contributed by atoms with Gasteiger partial charge in [0.1, 0.15) is 5.70 Å². The fourth-order valence-corrected chi connectivity index (χ4v) is 5.45. The Kier molecular flexibility index (Phi) is 6.32. The maximum absolute atomic E-state index is 13.7. The number of aryl methyl sites for hydroxylation is 1. The minimum Gasteiger partial charge on any atom is -0.364 e. The molecule has 2 heterocycles. The highest BCUT2D eigenvalue weighted by Gasteiger charge is 2.45. The number of carbonyl (C=O) groups is 2. The average molecular weight is 444 g/mol. The lowest BCUT2D eigenvalue weighted by Gasteiger charge is -2.37. The van der Waals surface area contributed by atoms with Crippen LogP contribution in [0.5, 0.6) is 0 Å². The highest BCUT2D eigenvalue weighted by atomic mass is 16.2. The molecular weight excluding hydrogens is 410 g/mol. The number of hydrogen-bond donors (Lipinski definition) is 0. The molecule has 5 nitrogen and oxygen atoms in total. The van der Waals surface area contributed by atoms with Gasteiger partial charge in [-0.2, -0.15) is 0 Å². The van der Waals surface area contributed by atoms with Crippen LogP contribution < -0.4 is 0 Å². The monoisotopic (exact) mass is 443 g/mol. The lowest BCUT2D eigenvalue weighted by atomic mass is 9.94. The molecule has 0 bridgehead atoms. The summed E-state index contributed by atoms with van der Waals surface area (Å²) in [6.07, 6.45) is 5.24. The Morgan fingerprint density at radius 1 is 0.788 bits per heavy atom. The van der Waals surface area contributed by atoms with Crippen molar-refractivity contribution in [3.63, 3.8) is 0 Å². The Morgan fingerprint density at radius 2 is 1.45 bits per heavy atom. The molecule has 2 aromatic carbocycles. The fraction of sp³-hybridized carbons (Fsp3) is 0.429. The Labute approximate surface area is 196 Å². The molecule has 172 valence electrons. The van der Waals surface area contributed by atoms with Crippen LogP contribution in [0.15, 0.2) is 60.3 Å². The molecule has 2 aromatic rings. The van der Waals surface area contributed by atoms with Gasteiger partial charge < -0.3 is 4.90 Å². The average Bonchev–Trinajstić information content (AvgIpc) is 3.11. The van der Waals surface area contributed by atoms with Gasteiger partial charge >= 0.3 is 0 Å². The molecule has 0 atom stereocenters. The molecule has 33 heavy (non-hydrogen) atoms. The van der Waals surface area contributed by atoms with Gasteiger partial charge in [-0.05, 0) is 30.9 Å². The van der Waals surface area contributed by atoms with Crippen LogP contribution in [0.25, 0.3) is 5.57 Å². The first-order chi connectivity index (χ1) is 16.1. The van der Waals surface area contributed by atoms with Crippen molar-refractivity contribution in [1.82, 2.24) is 14.7 Å². The number of rotatable bonds is 5. The first-order valence-corrected chi connectivity index (χ1v) is 12.3.